The Morgan fingerprint density at radius 3 is 2.44 bits per heavy atom. The molecule has 1 amide bonds. The van der Waals surface area contributed by atoms with Gasteiger partial charge in [0.25, 0.3) is 11.7 Å². The van der Waals surface area contributed by atoms with E-state index in [2.05, 4.69) is 6.92 Å². The quantitative estimate of drug-likeness (QED) is 0.340. The number of hydrogen-bond acceptors (Lipinski definition) is 4. The molecule has 0 bridgehead atoms. The third-order valence-electron chi connectivity index (χ3n) is 4.99. The molecule has 1 aliphatic rings. The van der Waals surface area contributed by atoms with Crippen molar-refractivity contribution in [1.29, 1.82) is 0 Å². The minimum Gasteiger partial charge on any atom is -0.507 e. The fraction of sp³-hybridized carbons (Fsp3) is 0.364. The molecule has 1 fully saturated rings. The van der Waals surface area contributed by atoms with Gasteiger partial charge in [0.05, 0.1) is 11.8 Å². The molecule has 1 aliphatic heterocycles. The van der Waals surface area contributed by atoms with Crippen LogP contribution in [-0.2, 0) is 16.0 Å². The molecule has 0 saturated carbocycles. The second-order valence-corrected chi connectivity index (χ2v) is 6.77. The van der Waals surface area contributed by atoms with Gasteiger partial charge in [0.15, 0.2) is 0 Å². The van der Waals surface area contributed by atoms with Gasteiger partial charge in [-0.1, -0.05) is 51.0 Å². The standard InChI is InChI=1S/C22H25NO4/c1-3-5-6-13-23-19(17-8-7-14-27-17)18(21(25)22(23)26)20(24)16-11-9-15(4-2)10-12-16/h7-12,14,19,24H,3-6,13H2,1-2H3/b20-18-. The molecule has 1 atom stereocenters. The lowest BCUT2D eigenvalue weighted by Crippen LogP contribution is -2.30. The highest BCUT2D eigenvalue weighted by Crippen LogP contribution is 2.39. The fourth-order valence-corrected chi connectivity index (χ4v) is 3.44. The van der Waals surface area contributed by atoms with Crippen molar-refractivity contribution in [2.24, 2.45) is 0 Å². The number of unbranched alkanes of at least 4 members (excludes halogenated alkanes) is 2. The summed E-state index contributed by atoms with van der Waals surface area (Å²) < 4.78 is 5.51. The van der Waals surface area contributed by atoms with Crippen LogP contribution in [0.2, 0.25) is 0 Å². The lowest BCUT2D eigenvalue weighted by Gasteiger charge is -2.23. The maximum Gasteiger partial charge on any atom is 0.295 e. The van der Waals surface area contributed by atoms with Crippen molar-refractivity contribution in [2.45, 2.75) is 45.6 Å². The smallest absolute Gasteiger partial charge is 0.295 e. The summed E-state index contributed by atoms with van der Waals surface area (Å²) in [5.41, 5.74) is 1.75. The fourth-order valence-electron chi connectivity index (χ4n) is 3.44. The molecule has 0 aliphatic carbocycles. The summed E-state index contributed by atoms with van der Waals surface area (Å²) in [6.07, 6.45) is 5.17. The molecule has 1 N–H and O–H groups in total. The van der Waals surface area contributed by atoms with Crippen LogP contribution < -0.4 is 0 Å². The van der Waals surface area contributed by atoms with Crippen molar-refractivity contribution in [2.75, 3.05) is 6.54 Å². The molecule has 1 aromatic carbocycles. The summed E-state index contributed by atoms with van der Waals surface area (Å²) in [6.45, 7) is 4.58. The SMILES string of the molecule is CCCCCN1C(=O)C(=O)/C(=C(\O)c2ccc(CC)cc2)C1c1ccco1. The van der Waals surface area contributed by atoms with E-state index in [9.17, 15) is 14.7 Å². The predicted molar refractivity (Wildman–Crippen MR) is 103 cm³/mol. The highest BCUT2D eigenvalue weighted by Gasteiger charge is 2.47. The largest absolute Gasteiger partial charge is 0.507 e. The molecule has 5 nitrogen and oxygen atoms in total. The molecule has 142 valence electrons. The number of amides is 1. The van der Waals surface area contributed by atoms with Gasteiger partial charge in [0.1, 0.15) is 17.6 Å². The Balaban J connectivity index is 2.04. The number of rotatable bonds is 7. The summed E-state index contributed by atoms with van der Waals surface area (Å²) in [5, 5.41) is 10.9. The molecule has 3 rings (SSSR count). The van der Waals surface area contributed by atoms with Gasteiger partial charge >= 0.3 is 0 Å². The van der Waals surface area contributed by atoms with E-state index in [-0.39, 0.29) is 11.3 Å². The number of ketones is 1. The number of nitrogens with zero attached hydrogens (tertiary/aromatic N) is 1. The Morgan fingerprint density at radius 2 is 1.85 bits per heavy atom. The lowest BCUT2D eigenvalue weighted by atomic mass is 9.98. The second kappa shape index (κ2) is 8.25. The number of benzene rings is 1. The molecule has 0 radical (unpaired) electrons. The first-order valence-electron chi connectivity index (χ1n) is 9.49. The maximum atomic E-state index is 12.7. The van der Waals surface area contributed by atoms with Crippen molar-refractivity contribution < 1.29 is 19.1 Å². The summed E-state index contributed by atoms with van der Waals surface area (Å²) in [6, 6.07) is 10.1. The lowest BCUT2D eigenvalue weighted by molar-refractivity contribution is -0.140. The van der Waals surface area contributed by atoms with Gasteiger partial charge in [0.2, 0.25) is 0 Å². The first kappa shape index (κ1) is 19.0. The van der Waals surface area contributed by atoms with Crippen molar-refractivity contribution in [3.8, 4) is 0 Å². The summed E-state index contributed by atoms with van der Waals surface area (Å²) >= 11 is 0. The first-order valence-corrected chi connectivity index (χ1v) is 9.49. The summed E-state index contributed by atoms with van der Waals surface area (Å²) in [4.78, 5) is 26.9. The number of aryl methyl sites for hydroxylation is 1. The number of aliphatic hydroxyl groups is 1. The van der Waals surface area contributed by atoms with E-state index in [4.69, 9.17) is 4.42 Å². The molecule has 5 heteroatoms. The van der Waals surface area contributed by atoms with E-state index in [0.29, 0.717) is 17.9 Å². The highest BCUT2D eigenvalue weighted by atomic mass is 16.3. The van der Waals surface area contributed by atoms with Gasteiger partial charge in [-0.05, 0) is 30.5 Å². The Labute approximate surface area is 159 Å². The van der Waals surface area contributed by atoms with Crippen LogP contribution in [0, 0.1) is 0 Å². The molecule has 2 aromatic rings. The van der Waals surface area contributed by atoms with Crippen LogP contribution >= 0.6 is 0 Å². The number of carbonyl (C=O) groups is 2. The molecular formula is C22H25NO4. The summed E-state index contributed by atoms with van der Waals surface area (Å²) in [5.74, 6) is -0.919. The van der Waals surface area contributed by atoms with Gasteiger partial charge in [-0.3, -0.25) is 9.59 Å². The van der Waals surface area contributed by atoms with Crippen LogP contribution in [0.3, 0.4) is 0 Å². The first-order chi connectivity index (χ1) is 13.1. The number of furan rings is 1. The number of likely N-dealkylation sites (tertiary alicyclic amines) is 1. The van der Waals surface area contributed by atoms with Crippen LogP contribution in [0.5, 0.6) is 0 Å². The van der Waals surface area contributed by atoms with Crippen LogP contribution in [0.1, 0.15) is 56.0 Å². The Bertz CT molecular complexity index is 834. The average Bonchev–Trinajstić information content (AvgIpc) is 3.30. The molecule has 1 unspecified atom stereocenters. The van der Waals surface area contributed by atoms with E-state index < -0.39 is 17.7 Å². The molecule has 2 heterocycles. The van der Waals surface area contributed by atoms with E-state index in [1.165, 1.54) is 11.2 Å². The van der Waals surface area contributed by atoms with E-state index in [1.807, 2.05) is 19.1 Å². The van der Waals surface area contributed by atoms with Crippen LogP contribution in [-0.4, -0.2) is 28.2 Å². The Hall–Kier alpha value is -2.82. The van der Waals surface area contributed by atoms with Crippen LogP contribution in [0.15, 0.2) is 52.7 Å². The van der Waals surface area contributed by atoms with Gasteiger partial charge in [-0.2, -0.15) is 0 Å². The van der Waals surface area contributed by atoms with Crippen LogP contribution in [0.25, 0.3) is 5.76 Å². The van der Waals surface area contributed by atoms with Crippen molar-refractivity contribution in [1.82, 2.24) is 4.90 Å². The Morgan fingerprint density at radius 1 is 1.11 bits per heavy atom. The van der Waals surface area contributed by atoms with Crippen molar-refractivity contribution >= 4 is 17.4 Å². The third-order valence-corrected chi connectivity index (χ3v) is 4.99. The minimum absolute atomic E-state index is 0.0932. The van der Waals surface area contributed by atoms with E-state index in [0.717, 1.165) is 31.2 Å². The highest BCUT2D eigenvalue weighted by molar-refractivity contribution is 6.46. The zero-order valence-corrected chi connectivity index (χ0v) is 15.8. The third kappa shape index (κ3) is 3.68. The van der Waals surface area contributed by atoms with E-state index >= 15 is 0 Å². The van der Waals surface area contributed by atoms with Crippen molar-refractivity contribution in [3.63, 3.8) is 0 Å². The monoisotopic (exact) mass is 367 g/mol. The minimum atomic E-state index is -0.692. The summed E-state index contributed by atoms with van der Waals surface area (Å²) in [7, 11) is 0. The average molecular weight is 367 g/mol. The van der Waals surface area contributed by atoms with E-state index in [1.54, 1.807) is 24.3 Å². The maximum absolute atomic E-state index is 12.7. The molecule has 1 aromatic heterocycles. The number of aliphatic hydroxyl groups excluding tert-OH is 1. The van der Waals surface area contributed by atoms with Crippen molar-refractivity contribution in [3.05, 3.63) is 65.1 Å². The zero-order chi connectivity index (χ0) is 19.4. The number of hydrogen-bond donors (Lipinski definition) is 1. The van der Waals surface area contributed by atoms with Gasteiger partial charge in [0, 0.05) is 12.1 Å². The van der Waals surface area contributed by atoms with Crippen LogP contribution in [0.4, 0.5) is 0 Å². The number of Topliss-reactive ketones (excluding diaryl/α,β-unsaturated/α-hetero) is 1. The topological polar surface area (TPSA) is 70.8 Å². The molecule has 0 spiro atoms. The number of carbonyl (C=O) groups excluding carboxylic acids is 2. The normalized spacial score (nSPS) is 19.0. The zero-order valence-electron chi connectivity index (χ0n) is 15.8. The molecule has 1 saturated heterocycles. The Kier molecular flexibility index (Phi) is 5.79. The van der Waals surface area contributed by atoms with Gasteiger partial charge in [-0.15, -0.1) is 0 Å². The molecule has 27 heavy (non-hydrogen) atoms. The second-order valence-electron chi connectivity index (χ2n) is 6.77. The van der Waals surface area contributed by atoms with Gasteiger partial charge < -0.3 is 14.4 Å². The predicted octanol–water partition coefficient (Wildman–Crippen LogP) is 4.45. The van der Waals surface area contributed by atoms with Gasteiger partial charge in [-0.25, -0.2) is 0 Å². The molecular weight excluding hydrogens is 342 g/mol.